The van der Waals surface area contributed by atoms with Crippen LogP contribution in [0.2, 0.25) is 0 Å². The Hall–Kier alpha value is -0.580. The standard InChI is InChI=1S/C12H19BrN2O/c1-2-5-15(6-7-16)12-8-11(13)4-3-10(12)9-14/h3-4,8,16H,2,5-7,9,14H2,1H3. The van der Waals surface area contributed by atoms with Gasteiger partial charge in [-0.25, -0.2) is 0 Å². The first-order chi connectivity index (χ1) is 7.72. The van der Waals surface area contributed by atoms with E-state index in [9.17, 15) is 0 Å². The van der Waals surface area contributed by atoms with Crippen molar-refractivity contribution in [2.75, 3.05) is 24.6 Å². The Bertz CT molecular complexity index is 325. The molecule has 0 atom stereocenters. The maximum absolute atomic E-state index is 9.07. The van der Waals surface area contributed by atoms with Gasteiger partial charge in [0.25, 0.3) is 0 Å². The summed E-state index contributed by atoms with van der Waals surface area (Å²) in [6, 6.07) is 6.09. The summed E-state index contributed by atoms with van der Waals surface area (Å²) >= 11 is 3.47. The average Bonchev–Trinajstić information content (AvgIpc) is 2.29. The second-order valence-corrected chi connectivity index (χ2v) is 4.60. The minimum Gasteiger partial charge on any atom is -0.395 e. The number of halogens is 1. The summed E-state index contributed by atoms with van der Waals surface area (Å²) in [4.78, 5) is 2.17. The van der Waals surface area contributed by atoms with Crippen molar-refractivity contribution in [1.29, 1.82) is 0 Å². The normalized spacial score (nSPS) is 10.5. The Morgan fingerprint density at radius 2 is 2.12 bits per heavy atom. The molecule has 90 valence electrons. The predicted molar refractivity (Wildman–Crippen MR) is 71.6 cm³/mol. The molecule has 1 aromatic rings. The number of hydrogen-bond acceptors (Lipinski definition) is 3. The van der Waals surface area contributed by atoms with Crippen LogP contribution in [0.25, 0.3) is 0 Å². The fourth-order valence-corrected chi connectivity index (χ4v) is 2.10. The fourth-order valence-electron chi connectivity index (χ4n) is 1.75. The van der Waals surface area contributed by atoms with Crippen molar-refractivity contribution in [3.8, 4) is 0 Å². The maximum Gasteiger partial charge on any atom is 0.0606 e. The van der Waals surface area contributed by atoms with Crippen LogP contribution in [0.5, 0.6) is 0 Å². The van der Waals surface area contributed by atoms with Gasteiger partial charge in [0.2, 0.25) is 0 Å². The quantitative estimate of drug-likeness (QED) is 0.842. The molecule has 0 aliphatic rings. The third kappa shape index (κ3) is 3.47. The van der Waals surface area contributed by atoms with E-state index in [0.717, 1.165) is 28.7 Å². The van der Waals surface area contributed by atoms with E-state index in [2.05, 4.69) is 33.8 Å². The molecule has 0 unspecified atom stereocenters. The van der Waals surface area contributed by atoms with Crippen molar-refractivity contribution in [3.05, 3.63) is 28.2 Å². The van der Waals surface area contributed by atoms with Gasteiger partial charge in [0.1, 0.15) is 0 Å². The van der Waals surface area contributed by atoms with Crippen LogP contribution in [0.4, 0.5) is 5.69 Å². The van der Waals surface area contributed by atoms with Gasteiger partial charge < -0.3 is 15.7 Å². The van der Waals surface area contributed by atoms with Crippen LogP contribution in [0.3, 0.4) is 0 Å². The molecule has 4 heteroatoms. The maximum atomic E-state index is 9.07. The lowest BCUT2D eigenvalue weighted by molar-refractivity contribution is 0.301. The zero-order chi connectivity index (χ0) is 12.0. The number of hydrogen-bond donors (Lipinski definition) is 2. The Balaban J connectivity index is 3.00. The summed E-state index contributed by atoms with van der Waals surface area (Å²) in [5.74, 6) is 0. The first-order valence-electron chi connectivity index (χ1n) is 5.57. The van der Waals surface area contributed by atoms with Crippen LogP contribution in [0, 0.1) is 0 Å². The smallest absolute Gasteiger partial charge is 0.0606 e. The van der Waals surface area contributed by atoms with Crippen molar-refractivity contribution in [3.63, 3.8) is 0 Å². The molecule has 0 fully saturated rings. The van der Waals surface area contributed by atoms with Crippen LogP contribution in [-0.4, -0.2) is 24.8 Å². The summed E-state index contributed by atoms with van der Waals surface area (Å²) in [7, 11) is 0. The Labute approximate surface area is 105 Å². The molecular formula is C12H19BrN2O. The molecule has 0 aromatic heterocycles. The topological polar surface area (TPSA) is 49.5 Å². The molecule has 0 amide bonds. The van der Waals surface area contributed by atoms with Gasteiger partial charge in [0, 0.05) is 29.8 Å². The highest BCUT2D eigenvalue weighted by Gasteiger charge is 2.09. The number of nitrogens with zero attached hydrogens (tertiary/aromatic N) is 1. The van der Waals surface area contributed by atoms with Gasteiger partial charge in [0.05, 0.1) is 6.61 Å². The second-order valence-electron chi connectivity index (χ2n) is 3.69. The predicted octanol–water partition coefficient (Wildman–Crippen LogP) is 2.12. The summed E-state index contributed by atoms with van der Waals surface area (Å²) in [5.41, 5.74) is 7.96. The van der Waals surface area contributed by atoms with E-state index in [1.165, 1.54) is 0 Å². The van der Waals surface area contributed by atoms with Crippen molar-refractivity contribution in [1.82, 2.24) is 0 Å². The first-order valence-corrected chi connectivity index (χ1v) is 6.36. The molecule has 16 heavy (non-hydrogen) atoms. The monoisotopic (exact) mass is 286 g/mol. The first kappa shape index (κ1) is 13.5. The molecule has 0 bridgehead atoms. The molecule has 3 nitrogen and oxygen atoms in total. The zero-order valence-corrected chi connectivity index (χ0v) is 11.2. The zero-order valence-electron chi connectivity index (χ0n) is 9.62. The summed E-state index contributed by atoms with van der Waals surface area (Å²) in [5, 5.41) is 9.07. The van der Waals surface area contributed by atoms with Crippen molar-refractivity contribution in [2.45, 2.75) is 19.9 Å². The van der Waals surface area contributed by atoms with Crippen LogP contribution < -0.4 is 10.6 Å². The van der Waals surface area contributed by atoms with E-state index in [1.54, 1.807) is 0 Å². The molecular weight excluding hydrogens is 268 g/mol. The van der Waals surface area contributed by atoms with E-state index in [-0.39, 0.29) is 6.61 Å². The molecule has 0 saturated heterocycles. The fraction of sp³-hybridized carbons (Fsp3) is 0.500. The van der Waals surface area contributed by atoms with Gasteiger partial charge in [-0.2, -0.15) is 0 Å². The van der Waals surface area contributed by atoms with Gasteiger partial charge in [-0.05, 0) is 24.1 Å². The average molecular weight is 287 g/mol. The number of aliphatic hydroxyl groups is 1. The molecule has 0 aliphatic heterocycles. The van der Waals surface area contributed by atoms with Crippen LogP contribution in [0.1, 0.15) is 18.9 Å². The number of anilines is 1. The molecule has 0 heterocycles. The summed E-state index contributed by atoms with van der Waals surface area (Å²) < 4.78 is 1.04. The highest BCUT2D eigenvalue weighted by atomic mass is 79.9. The third-order valence-corrected chi connectivity index (χ3v) is 2.96. The van der Waals surface area contributed by atoms with Crippen LogP contribution in [0.15, 0.2) is 22.7 Å². The number of nitrogens with two attached hydrogens (primary N) is 1. The molecule has 0 spiro atoms. The van der Waals surface area contributed by atoms with Gasteiger partial charge in [-0.1, -0.05) is 28.9 Å². The SMILES string of the molecule is CCCN(CCO)c1cc(Br)ccc1CN. The minimum absolute atomic E-state index is 0.163. The molecule has 0 radical (unpaired) electrons. The van der Waals surface area contributed by atoms with Crippen molar-refractivity contribution < 1.29 is 5.11 Å². The number of aliphatic hydroxyl groups excluding tert-OH is 1. The summed E-state index contributed by atoms with van der Waals surface area (Å²) in [6.07, 6.45) is 1.05. The highest BCUT2D eigenvalue weighted by Crippen LogP contribution is 2.25. The lowest BCUT2D eigenvalue weighted by atomic mass is 10.1. The van der Waals surface area contributed by atoms with E-state index in [0.29, 0.717) is 13.1 Å². The lowest BCUT2D eigenvalue weighted by Crippen LogP contribution is -2.28. The second kappa shape index (κ2) is 6.89. The van der Waals surface area contributed by atoms with E-state index in [4.69, 9.17) is 10.8 Å². The van der Waals surface area contributed by atoms with Gasteiger partial charge in [0.15, 0.2) is 0 Å². The lowest BCUT2D eigenvalue weighted by Gasteiger charge is -2.26. The Morgan fingerprint density at radius 3 is 2.69 bits per heavy atom. The van der Waals surface area contributed by atoms with Crippen molar-refractivity contribution in [2.24, 2.45) is 5.73 Å². The largest absolute Gasteiger partial charge is 0.395 e. The van der Waals surface area contributed by atoms with E-state index >= 15 is 0 Å². The van der Waals surface area contributed by atoms with Gasteiger partial charge in [-0.3, -0.25) is 0 Å². The highest BCUT2D eigenvalue weighted by molar-refractivity contribution is 9.10. The van der Waals surface area contributed by atoms with E-state index in [1.807, 2.05) is 12.1 Å². The van der Waals surface area contributed by atoms with Gasteiger partial charge >= 0.3 is 0 Å². The molecule has 0 aliphatic carbocycles. The number of rotatable bonds is 6. The summed E-state index contributed by atoms with van der Waals surface area (Å²) in [6.45, 7) is 4.40. The molecule has 1 rings (SSSR count). The molecule has 3 N–H and O–H groups in total. The molecule has 1 aromatic carbocycles. The number of benzene rings is 1. The Kier molecular flexibility index (Phi) is 5.80. The van der Waals surface area contributed by atoms with E-state index < -0.39 is 0 Å². The third-order valence-electron chi connectivity index (χ3n) is 2.47. The Morgan fingerprint density at radius 1 is 1.38 bits per heavy atom. The van der Waals surface area contributed by atoms with Gasteiger partial charge in [-0.15, -0.1) is 0 Å². The van der Waals surface area contributed by atoms with Crippen LogP contribution >= 0.6 is 15.9 Å². The molecule has 0 saturated carbocycles. The minimum atomic E-state index is 0.163. The van der Waals surface area contributed by atoms with Crippen LogP contribution in [-0.2, 0) is 6.54 Å². The van der Waals surface area contributed by atoms with Crippen molar-refractivity contribution >= 4 is 21.6 Å².